The van der Waals surface area contributed by atoms with Crippen LogP contribution in [0.1, 0.15) is 24.5 Å². The summed E-state index contributed by atoms with van der Waals surface area (Å²) in [5.74, 6) is 4.23. The quantitative estimate of drug-likeness (QED) is 0.577. The average Bonchev–Trinajstić information content (AvgIpc) is 2.28. The van der Waals surface area contributed by atoms with Gasteiger partial charge in [-0.05, 0) is 25.1 Å². The van der Waals surface area contributed by atoms with E-state index < -0.39 is 11.8 Å². The molecule has 86 valence electrons. The summed E-state index contributed by atoms with van der Waals surface area (Å²) < 4.78 is 17.7. The Morgan fingerprint density at radius 3 is 2.76 bits per heavy atom. The lowest BCUT2D eigenvalue weighted by Gasteiger charge is -1.95. The number of esters is 1. The summed E-state index contributed by atoms with van der Waals surface area (Å²) >= 11 is 0. The van der Waals surface area contributed by atoms with Crippen molar-refractivity contribution < 1.29 is 13.9 Å². The summed E-state index contributed by atoms with van der Waals surface area (Å²) in [5, 5.41) is 8.63. The third kappa shape index (κ3) is 4.36. The van der Waals surface area contributed by atoms with E-state index in [2.05, 4.69) is 16.6 Å². The summed E-state index contributed by atoms with van der Waals surface area (Å²) in [5.41, 5.74) is 0.566. The minimum Gasteiger partial charge on any atom is -0.465 e. The maximum Gasteiger partial charge on any atom is 0.317 e. The van der Waals surface area contributed by atoms with E-state index in [1.807, 2.05) is 6.07 Å². The molecule has 0 radical (unpaired) electrons. The van der Waals surface area contributed by atoms with E-state index in [1.165, 1.54) is 12.1 Å². The highest BCUT2D eigenvalue weighted by Crippen LogP contribution is 2.07. The van der Waals surface area contributed by atoms with Gasteiger partial charge < -0.3 is 4.74 Å². The molecule has 0 saturated heterocycles. The smallest absolute Gasteiger partial charge is 0.317 e. The van der Waals surface area contributed by atoms with E-state index in [0.29, 0.717) is 12.2 Å². The average molecular weight is 231 g/mol. The fraction of sp³-hybridized carbons (Fsp3) is 0.231. The van der Waals surface area contributed by atoms with Crippen molar-refractivity contribution >= 4 is 5.97 Å². The van der Waals surface area contributed by atoms with Gasteiger partial charge in [-0.3, -0.25) is 4.79 Å². The second-order valence-corrected chi connectivity index (χ2v) is 3.12. The number of nitriles is 1. The Kier molecular flexibility index (Phi) is 4.72. The normalized spacial score (nSPS) is 8.76. The Morgan fingerprint density at radius 1 is 1.41 bits per heavy atom. The molecule has 0 fully saturated rings. The van der Waals surface area contributed by atoms with E-state index in [-0.39, 0.29) is 12.0 Å². The predicted octanol–water partition coefficient (Wildman–Crippen LogP) is 2.00. The first-order valence-electron chi connectivity index (χ1n) is 5.01. The molecule has 0 aliphatic heterocycles. The standard InChI is InChI=1S/C13H10FNO2/c1-2-17-13(16)5-3-4-10-6-11(9-15)8-12(14)7-10/h6-8H,2,5H2,1H3. The van der Waals surface area contributed by atoms with Gasteiger partial charge in [-0.25, -0.2) is 4.39 Å². The Morgan fingerprint density at radius 2 is 2.12 bits per heavy atom. The number of rotatable bonds is 2. The Labute approximate surface area is 98.8 Å². The van der Waals surface area contributed by atoms with Crippen molar-refractivity contribution in [3.05, 3.63) is 35.1 Å². The molecule has 0 unspecified atom stereocenters. The van der Waals surface area contributed by atoms with E-state index in [9.17, 15) is 9.18 Å². The molecule has 17 heavy (non-hydrogen) atoms. The van der Waals surface area contributed by atoms with Crippen LogP contribution in [0.5, 0.6) is 0 Å². The number of hydrogen-bond donors (Lipinski definition) is 0. The first kappa shape index (κ1) is 12.7. The highest BCUT2D eigenvalue weighted by Gasteiger charge is 1.99. The maximum atomic E-state index is 13.0. The fourth-order valence-corrected chi connectivity index (χ4v) is 1.16. The van der Waals surface area contributed by atoms with Crippen LogP contribution >= 0.6 is 0 Å². The highest BCUT2D eigenvalue weighted by atomic mass is 19.1. The van der Waals surface area contributed by atoms with Crippen molar-refractivity contribution in [2.75, 3.05) is 6.61 Å². The molecule has 0 atom stereocenters. The summed E-state index contributed by atoms with van der Waals surface area (Å²) in [6.45, 7) is 2.01. The van der Waals surface area contributed by atoms with Crippen LogP contribution in [-0.4, -0.2) is 12.6 Å². The first-order chi connectivity index (χ1) is 8.15. The second kappa shape index (κ2) is 6.30. The van der Waals surface area contributed by atoms with Gasteiger partial charge >= 0.3 is 5.97 Å². The molecule has 1 rings (SSSR count). The summed E-state index contributed by atoms with van der Waals surface area (Å²) in [6, 6.07) is 5.62. The van der Waals surface area contributed by atoms with Crippen molar-refractivity contribution in [3.63, 3.8) is 0 Å². The maximum absolute atomic E-state index is 13.0. The van der Waals surface area contributed by atoms with Gasteiger partial charge in [0.2, 0.25) is 0 Å². The van der Waals surface area contributed by atoms with Gasteiger partial charge in [-0.2, -0.15) is 5.26 Å². The largest absolute Gasteiger partial charge is 0.465 e. The molecule has 0 saturated carbocycles. The molecule has 0 aliphatic carbocycles. The highest BCUT2D eigenvalue weighted by molar-refractivity contribution is 5.72. The Bertz CT molecular complexity index is 520. The van der Waals surface area contributed by atoms with E-state index in [1.54, 1.807) is 6.92 Å². The topological polar surface area (TPSA) is 50.1 Å². The SMILES string of the molecule is CCOC(=O)CC#Cc1cc(F)cc(C#N)c1. The van der Waals surface area contributed by atoms with Gasteiger partial charge in [0.1, 0.15) is 12.2 Å². The van der Waals surface area contributed by atoms with Crippen LogP contribution in [0.15, 0.2) is 18.2 Å². The summed E-state index contributed by atoms with van der Waals surface area (Å²) in [7, 11) is 0. The predicted molar refractivity (Wildman–Crippen MR) is 59.2 cm³/mol. The number of halogens is 1. The molecule has 0 bridgehead atoms. The van der Waals surface area contributed by atoms with Crippen LogP contribution < -0.4 is 0 Å². The van der Waals surface area contributed by atoms with E-state index in [0.717, 1.165) is 6.07 Å². The van der Waals surface area contributed by atoms with Crippen molar-refractivity contribution in [3.8, 4) is 17.9 Å². The molecular weight excluding hydrogens is 221 g/mol. The second-order valence-electron chi connectivity index (χ2n) is 3.12. The molecule has 0 spiro atoms. The summed E-state index contributed by atoms with van der Waals surface area (Å²) in [4.78, 5) is 11.0. The minimum atomic E-state index is -0.524. The molecule has 0 N–H and O–H groups in total. The van der Waals surface area contributed by atoms with Gasteiger partial charge in [0.15, 0.2) is 0 Å². The third-order valence-electron chi connectivity index (χ3n) is 1.80. The lowest BCUT2D eigenvalue weighted by Crippen LogP contribution is -2.01. The first-order valence-corrected chi connectivity index (χ1v) is 5.01. The molecule has 0 heterocycles. The van der Waals surface area contributed by atoms with Crippen molar-refractivity contribution in [2.24, 2.45) is 0 Å². The van der Waals surface area contributed by atoms with Crippen molar-refractivity contribution in [1.29, 1.82) is 5.26 Å². The van der Waals surface area contributed by atoms with Gasteiger partial charge in [-0.1, -0.05) is 11.8 Å². The molecule has 3 nitrogen and oxygen atoms in total. The molecule has 1 aromatic rings. The van der Waals surface area contributed by atoms with Gasteiger partial charge in [-0.15, -0.1) is 0 Å². The molecule has 4 heteroatoms. The number of nitrogens with zero attached hydrogens (tertiary/aromatic N) is 1. The number of benzene rings is 1. The summed E-state index contributed by atoms with van der Waals surface area (Å²) in [6.07, 6.45) is -0.0494. The monoisotopic (exact) mass is 231 g/mol. The van der Waals surface area contributed by atoms with Crippen LogP contribution in [0.2, 0.25) is 0 Å². The van der Waals surface area contributed by atoms with Crippen LogP contribution in [0.25, 0.3) is 0 Å². The molecule has 1 aromatic carbocycles. The zero-order chi connectivity index (χ0) is 12.7. The zero-order valence-corrected chi connectivity index (χ0v) is 9.29. The molecule has 0 aliphatic rings. The van der Waals surface area contributed by atoms with Crippen molar-refractivity contribution in [2.45, 2.75) is 13.3 Å². The lowest BCUT2D eigenvalue weighted by atomic mass is 10.1. The minimum absolute atomic E-state index is 0.0494. The van der Waals surface area contributed by atoms with Crippen LogP contribution in [0.4, 0.5) is 4.39 Å². The van der Waals surface area contributed by atoms with Gasteiger partial charge in [0, 0.05) is 5.56 Å². The van der Waals surface area contributed by atoms with Crippen molar-refractivity contribution in [1.82, 2.24) is 0 Å². The van der Waals surface area contributed by atoms with E-state index in [4.69, 9.17) is 5.26 Å². The van der Waals surface area contributed by atoms with E-state index >= 15 is 0 Å². The van der Waals surface area contributed by atoms with Gasteiger partial charge in [0.25, 0.3) is 0 Å². The molecule has 0 amide bonds. The number of hydrogen-bond acceptors (Lipinski definition) is 3. The van der Waals surface area contributed by atoms with Crippen LogP contribution in [0, 0.1) is 29.0 Å². The Balaban J connectivity index is 2.75. The lowest BCUT2D eigenvalue weighted by molar-refractivity contribution is -0.141. The number of carbonyl (C=O) groups is 1. The van der Waals surface area contributed by atoms with Crippen LogP contribution in [0.3, 0.4) is 0 Å². The number of carbonyl (C=O) groups excluding carboxylic acids is 1. The number of ether oxygens (including phenoxy) is 1. The molecular formula is C13H10FNO2. The van der Waals surface area contributed by atoms with Crippen LogP contribution in [-0.2, 0) is 9.53 Å². The van der Waals surface area contributed by atoms with Gasteiger partial charge in [0.05, 0.1) is 18.2 Å². The fourth-order valence-electron chi connectivity index (χ4n) is 1.16. The molecule has 0 aromatic heterocycles. The zero-order valence-electron chi connectivity index (χ0n) is 9.29. The Hall–Kier alpha value is -2.33. The third-order valence-corrected chi connectivity index (χ3v) is 1.80.